The molecule has 1 N–H and O–H groups in total. The third-order valence-corrected chi connectivity index (χ3v) is 4.55. The molecule has 0 amide bonds. The van der Waals surface area contributed by atoms with Crippen molar-refractivity contribution in [2.45, 2.75) is 5.92 Å². The van der Waals surface area contributed by atoms with E-state index in [1.54, 1.807) is 19.4 Å². The second-order valence-electron chi connectivity index (χ2n) is 6.16. The Morgan fingerprint density at radius 1 is 0.923 bits per heavy atom. The van der Waals surface area contributed by atoms with Crippen molar-refractivity contribution < 1.29 is 4.74 Å². The van der Waals surface area contributed by atoms with Gasteiger partial charge < -0.3 is 9.72 Å². The second kappa shape index (κ2) is 6.84. The Hall–Kier alpha value is -3.40. The van der Waals surface area contributed by atoms with Crippen molar-refractivity contribution in [2.75, 3.05) is 7.11 Å². The molecule has 0 bridgehead atoms. The number of fused-ring (bicyclic) bond motifs is 1. The van der Waals surface area contributed by atoms with Gasteiger partial charge in [-0.15, -0.1) is 0 Å². The van der Waals surface area contributed by atoms with E-state index in [2.05, 4.69) is 40.3 Å². The standard InChI is InChI=1S/C22H18N2O2/c1-26-19-8-4-15(5-9-19)22(18-3-2-12-23-14-18)17-6-10-20-16(13-17)7-11-21(25)24-20/h2-14,22H,1H3,(H,24,25). The Morgan fingerprint density at radius 3 is 2.46 bits per heavy atom. The van der Waals surface area contributed by atoms with E-state index in [0.29, 0.717) is 0 Å². The molecule has 0 aliphatic heterocycles. The zero-order valence-corrected chi connectivity index (χ0v) is 14.3. The lowest BCUT2D eigenvalue weighted by molar-refractivity contribution is 0.414. The van der Waals surface area contributed by atoms with E-state index in [-0.39, 0.29) is 11.5 Å². The predicted molar refractivity (Wildman–Crippen MR) is 103 cm³/mol. The van der Waals surface area contributed by atoms with Gasteiger partial charge >= 0.3 is 0 Å². The van der Waals surface area contributed by atoms with E-state index in [0.717, 1.165) is 33.3 Å². The van der Waals surface area contributed by atoms with Crippen LogP contribution in [0.1, 0.15) is 22.6 Å². The number of nitrogens with zero attached hydrogens (tertiary/aromatic N) is 1. The van der Waals surface area contributed by atoms with Crippen LogP contribution >= 0.6 is 0 Å². The minimum absolute atomic E-state index is 0.0472. The first-order valence-corrected chi connectivity index (χ1v) is 8.41. The molecule has 2 heterocycles. The molecule has 0 fully saturated rings. The molecule has 4 heteroatoms. The van der Waals surface area contributed by atoms with Crippen molar-refractivity contribution in [1.29, 1.82) is 0 Å². The van der Waals surface area contributed by atoms with Crippen LogP contribution in [0.15, 0.2) is 83.9 Å². The summed E-state index contributed by atoms with van der Waals surface area (Å²) in [6, 6.07) is 21.7. The number of ether oxygens (including phenoxy) is 1. The molecule has 2 aromatic heterocycles. The van der Waals surface area contributed by atoms with Gasteiger partial charge in [-0.05, 0) is 58.5 Å². The molecule has 4 aromatic rings. The maximum absolute atomic E-state index is 11.5. The number of aromatic amines is 1. The van der Waals surface area contributed by atoms with Crippen LogP contribution in [0.2, 0.25) is 0 Å². The number of hydrogen-bond donors (Lipinski definition) is 1. The van der Waals surface area contributed by atoms with Crippen molar-refractivity contribution in [1.82, 2.24) is 9.97 Å². The summed E-state index contributed by atoms with van der Waals surface area (Å²) in [7, 11) is 1.66. The highest BCUT2D eigenvalue weighted by molar-refractivity contribution is 5.79. The summed E-state index contributed by atoms with van der Waals surface area (Å²) in [5, 5.41) is 1.00. The topological polar surface area (TPSA) is 55.0 Å². The van der Waals surface area contributed by atoms with E-state index in [9.17, 15) is 4.79 Å². The van der Waals surface area contributed by atoms with Gasteiger partial charge in [0, 0.05) is 29.9 Å². The summed E-state index contributed by atoms with van der Waals surface area (Å²) in [6.07, 6.45) is 3.67. The normalized spacial score (nSPS) is 12.0. The molecule has 2 aromatic carbocycles. The first-order chi connectivity index (χ1) is 12.7. The smallest absolute Gasteiger partial charge is 0.248 e. The molecule has 0 aliphatic carbocycles. The fourth-order valence-electron chi connectivity index (χ4n) is 3.27. The third-order valence-electron chi connectivity index (χ3n) is 4.55. The first kappa shape index (κ1) is 16.1. The van der Waals surface area contributed by atoms with E-state index < -0.39 is 0 Å². The predicted octanol–water partition coefficient (Wildman–Crippen LogP) is 4.11. The molecule has 4 rings (SSSR count). The van der Waals surface area contributed by atoms with Crippen LogP contribution in [-0.2, 0) is 0 Å². The molecule has 0 radical (unpaired) electrons. The molecular formula is C22H18N2O2. The van der Waals surface area contributed by atoms with Crippen LogP contribution < -0.4 is 10.3 Å². The maximum atomic E-state index is 11.5. The van der Waals surface area contributed by atoms with Crippen molar-refractivity contribution in [3.05, 3.63) is 106 Å². The highest BCUT2D eigenvalue weighted by Crippen LogP contribution is 2.33. The molecule has 1 atom stereocenters. The fourth-order valence-corrected chi connectivity index (χ4v) is 3.27. The van der Waals surface area contributed by atoms with Gasteiger partial charge in [0.25, 0.3) is 0 Å². The van der Waals surface area contributed by atoms with Crippen molar-refractivity contribution in [3.63, 3.8) is 0 Å². The largest absolute Gasteiger partial charge is 0.497 e. The van der Waals surface area contributed by atoms with Gasteiger partial charge in [-0.2, -0.15) is 0 Å². The number of methoxy groups -OCH3 is 1. The number of rotatable bonds is 4. The third kappa shape index (κ3) is 3.09. The fraction of sp³-hybridized carbons (Fsp3) is 0.0909. The van der Waals surface area contributed by atoms with Crippen LogP contribution in [0.25, 0.3) is 10.9 Å². The number of aromatic nitrogens is 2. The Bertz CT molecular complexity index is 1090. The van der Waals surface area contributed by atoms with E-state index in [1.807, 2.05) is 36.5 Å². The van der Waals surface area contributed by atoms with Crippen molar-refractivity contribution in [2.24, 2.45) is 0 Å². The Labute approximate surface area is 151 Å². The molecule has 4 nitrogen and oxygen atoms in total. The number of benzene rings is 2. The van der Waals surface area contributed by atoms with Gasteiger partial charge in [0.15, 0.2) is 0 Å². The van der Waals surface area contributed by atoms with E-state index >= 15 is 0 Å². The lowest BCUT2D eigenvalue weighted by atomic mass is 9.85. The monoisotopic (exact) mass is 342 g/mol. The van der Waals surface area contributed by atoms with E-state index in [1.165, 1.54) is 0 Å². The van der Waals surface area contributed by atoms with Crippen LogP contribution in [0.5, 0.6) is 5.75 Å². The van der Waals surface area contributed by atoms with Crippen molar-refractivity contribution in [3.8, 4) is 5.75 Å². The molecule has 0 aliphatic rings. The lowest BCUT2D eigenvalue weighted by Gasteiger charge is -2.19. The molecule has 0 saturated carbocycles. The summed E-state index contributed by atoms with van der Waals surface area (Å²) in [5.74, 6) is 0.876. The van der Waals surface area contributed by atoms with E-state index in [4.69, 9.17) is 4.74 Å². The number of pyridine rings is 2. The number of nitrogens with one attached hydrogen (secondary N) is 1. The molecule has 1 unspecified atom stereocenters. The molecular weight excluding hydrogens is 324 g/mol. The molecule has 26 heavy (non-hydrogen) atoms. The Kier molecular flexibility index (Phi) is 4.23. The zero-order chi connectivity index (χ0) is 17.9. The maximum Gasteiger partial charge on any atom is 0.248 e. The molecule has 0 saturated heterocycles. The van der Waals surface area contributed by atoms with Crippen molar-refractivity contribution >= 4 is 10.9 Å². The number of H-pyrrole nitrogens is 1. The van der Waals surface area contributed by atoms with Crippen LogP contribution in [0.4, 0.5) is 0 Å². The highest BCUT2D eigenvalue weighted by Gasteiger charge is 2.17. The lowest BCUT2D eigenvalue weighted by Crippen LogP contribution is -2.06. The quantitative estimate of drug-likeness (QED) is 0.607. The first-order valence-electron chi connectivity index (χ1n) is 8.41. The van der Waals surface area contributed by atoms with Gasteiger partial charge in [0.2, 0.25) is 5.56 Å². The Balaban J connectivity index is 1.87. The summed E-state index contributed by atoms with van der Waals surface area (Å²) in [4.78, 5) is 18.7. The summed E-state index contributed by atoms with van der Waals surface area (Å²) in [5.41, 5.74) is 4.15. The van der Waals surface area contributed by atoms with Gasteiger partial charge in [0.05, 0.1) is 7.11 Å². The number of hydrogen-bond acceptors (Lipinski definition) is 3. The minimum Gasteiger partial charge on any atom is -0.497 e. The average molecular weight is 342 g/mol. The van der Waals surface area contributed by atoms with Gasteiger partial charge in [-0.3, -0.25) is 9.78 Å². The van der Waals surface area contributed by atoms with Gasteiger partial charge in [-0.1, -0.05) is 24.3 Å². The molecule has 0 spiro atoms. The van der Waals surface area contributed by atoms with Crippen LogP contribution in [0.3, 0.4) is 0 Å². The van der Waals surface area contributed by atoms with Crippen LogP contribution in [0, 0.1) is 0 Å². The summed E-state index contributed by atoms with van der Waals surface area (Å²) in [6.45, 7) is 0. The SMILES string of the molecule is COc1ccc(C(c2cccnc2)c2ccc3[nH]c(=O)ccc3c2)cc1. The zero-order valence-electron chi connectivity index (χ0n) is 14.3. The highest BCUT2D eigenvalue weighted by atomic mass is 16.5. The van der Waals surface area contributed by atoms with Crippen LogP contribution in [-0.4, -0.2) is 17.1 Å². The average Bonchev–Trinajstić information content (AvgIpc) is 2.69. The second-order valence-corrected chi connectivity index (χ2v) is 6.16. The Morgan fingerprint density at radius 2 is 1.73 bits per heavy atom. The summed E-state index contributed by atoms with van der Waals surface area (Å²) >= 11 is 0. The minimum atomic E-state index is -0.0933. The van der Waals surface area contributed by atoms with Gasteiger partial charge in [-0.25, -0.2) is 0 Å². The summed E-state index contributed by atoms with van der Waals surface area (Å²) < 4.78 is 5.28. The molecule has 128 valence electrons. The van der Waals surface area contributed by atoms with Gasteiger partial charge in [0.1, 0.15) is 5.75 Å².